The minimum absolute atomic E-state index is 0.116. The Hall–Kier alpha value is -0.870. The molecule has 0 unspecified atom stereocenters. The molecule has 1 fully saturated rings. The lowest BCUT2D eigenvalue weighted by atomic mass is 10.1. The SMILES string of the molecule is Cc1ccc(C(=O)N2CCN[C@@H](C)C2)c(Br)c1. The lowest BCUT2D eigenvalue weighted by Crippen LogP contribution is -2.51. The molecule has 0 aromatic heterocycles. The number of nitrogens with one attached hydrogen (secondary N) is 1. The van der Waals surface area contributed by atoms with Crippen molar-refractivity contribution in [3.63, 3.8) is 0 Å². The summed E-state index contributed by atoms with van der Waals surface area (Å²) in [4.78, 5) is 14.3. The average molecular weight is 297 g/mol. The van der Waals surface area contributed by atoms with Crippen molar-refractivity contribution in [1.82, 2.24) is 10.2 Å². The second-order valence-corrected chi connectivity index (χ2v) is 5.44. The van der Waals surface area contributed by atoms with Gasteiger partial charge in [-0.2, -0.15) is 0 Å². The van der Waals surface area contributed by atoms with Gasteiger partial charge in [-0.05, 0) is 47.5 Å². The van der Waals surface area contributed by atoms with Crippen molar-refractivity contribution in [3.8, 4) is 0 Å². The number of piperazine rings is 1. The Morgan fingerprint density at radius 2 is 2.29 bits per heavy atom. The molecule has 0 radical (unpaired) electrons. The maximum atomic E-state index is 12.3. The van der Waals surface area contributed by atoms with E-state index in [2.05, 4.69) is 28.2 Å². The van der Waals surface area contributed by atoms with E-state index in [4.69, 9.17) is 0 Å². The summed E-state index contributed by atoms with van der Waals surface area (Å²) in [6.07, 6.45) is 0. The Kier molecular flexibility index (Phi) is 3.84. The molecule has 92 valence electrons. The van der Waals surface area contributed by atoms with Gasteiger partial charge in [0.25, 0.3) is 5.91 Å². The average Bonchev–Trinajstić information content (AvgIpc) is 2.28. The van der Waals surface area contributed by atoms with Crippen LogP contribution in [0.1, 0.15) is 22.8 Å². The molecule has 1 aliphatic heterocycles. The van der Waals surface area contributed by atoms with E-state index in [0.717, 1.165) is 35.2 Å². The molecule has 1 aromatic rings. The number of nitrogens with zero attached hydrogens (tertiary/aromatic N) is 1. The van der Waals surface area contributed by atoms with Gasteiger partial charge in [0.1, 0.15) is 0 Å². The maximum absolute atomic E-state index is 12.3. The lowest BCUT2D eigenvalue weighted by Gasteiger charge is -2.32. The van der Waals surface area contributed by atoms with Crippen molar-refractivity contribution < 1.29 is 4.79 Å². The third kappa shape index (κ3) is 2.87. The molecule has 1 aromatic carbocycles. The van der Waals surface area contributed by atoms with Crippen LogP contribution >= 0.6 is 15.9 Å². The first-order valence-corrected chi connectivity index (χ1v) is 6.66. The minimum atomic E-state index is 0.116. The third-order valence-corrected chi connectivity index (χ3v) is 3.67. The highest BCUT2D eigenvalue weighted by molar-refractivity contribution is 9.10. The molecule has 1 amide bonds. The molecule has 1 N–H and O–H groups in total. The Morgan fingerprint density at radius 1 is 1.53 bits per heavy atom. The third-order valence-electron chi connectivity index (χ3n) is 3.01. The molecule has 1 heterocycles. The van der Waals surface area contributed by atoms with Crippen LogP contribution in [0.2, 0.25) is 0 Å². The van der Waals surface area contributed by atoms with Crippen LogP contribution in [0.15, 0.2) is 22.7 Å². The van der Waals surface area contributed by atoms with E-state index in [1.807, 2.05) is 30.0 Å². The van der Waals surface area contributed by atoms with E-state index in [1.54, 1.807) is 0 Å². The van der Waals surface area contributed by atoms with E-state index < -0.39 is 0 Å². The van der Waals surface area contributed by atoms with Crippen molar-refractivity contribution in [1.29, 1.82) is 0 Å². The van der Waals surface area contributed by atoms with Crippen molar-refractivity contribution in [3.05, 3.63) is 33.8 Å². The first-order valence-electron chi connectivity index (χ1n) is 5.87. The van der Waals surface area contributed by atoms with Gasteiger partial charge >= 0.3 is 0 Å². The van der Waals surface area contributed by atoms with Crippen LogP contribution in [0.4, 0.5) is 0 Å². The predicted octanol–water partition coefficient (Wildman–Crippen LogP) is 2.19. The standard InChI is InChI=1S/C13H17BrN2O/c1-9-3-4-11(12(14)7-9)13(17)16-6-5-15-10(2)8-16/h3-4,7,10,15H,5-6,8H2,1-2H3/t10-/m0/s1. The summed E-state index contributed by atoms with van der Waals surface area (Å²) in [5.74, 6) is 0.116. The van der Waals surface area contributed by atoms with Crippen molar-refractivity contribution in [2.24, 2.45) is 0 Å². The number of hydrogen-bond acceptors (Lipinski definition) is 2. The van der Waals surface area contributed by atoms with Gasteiger partial charge in [0.05, 0.1) is 5.56 Å². The number of benzene rings is 1. The quantitative estimate of drug-likeness (QED) is 0.862. The number of carbonyl (C=O) groups excluding carboxylic acids is 1. The topological polar surface area (TPSA) is 32.3 Å². The van der Waals surface area contributed by atoms with E-state index >= 15 is 0 Å². The monoisotopic (exact) mass is 296 g/mol. The summed E-state index contributed by atoms with van der Waals surface area (Å²) in [5.41, 5.74) is 1.91. The van der Waals surface area contributed by atoms with Gasteiger partial charge in [-0.1, -0.05) is 6.07 Å². The molecule has 0 spiro atoms. The second-order valence-electron chi connectivity index (χ2n) is 4.59. The van der Waals surface area contributed by atoms with E-state index in [-0.39, 0.29) is 5.91 Å². The fraction of sp³-hybridized carbons (Fsp3) is 0.462. The number of aryl methyl sites for hydroxylation is 1. The Labute approximate surface area is 110 Å². The molecule has 1 atom stereocenters. The van der Waals surface area contributed by atoms with Crippen LogP contribution in [0, 0.1) is 6.92 Å². The molecule has 1 aliphatic rings. The molecule has 3 nitrogen and oxygen atoms in total. The smallest absolute Gasteiger partial charge is 0.255 e. The van der Waals surface area contributed by atoms with Crippen molar-refractivity contribution >= 4 is 21.8 Å². The molecular formula is C13H17BrN2O. The summed E-state index contributed by atoms with van der Waals surface area (Å²) in [6.45, 7) is 6.55. The number of halogens is 1. The summed E-state index contributed by atoms with van der Waals surface area (Å²) < 4.78 is 0.883. The van der Waals surface area contributed by atoms with E-state index in [1.165, 1.54) is 0 Å². The van der Waals surface area contributed by atoms with Gasteiger partial charge in [0.15, 0.2) is 0 Å². The van der Waals surface area contributed by atoms with Gasteiger partial charge in [-0.15, -0.1) is 0 Å². The van der Waals surface area contributed by atoms with Crippen molar-refractivity contribution in [2.75, 3.05) is 19.6 Å². The van der Waals surface area contributed by atoms with Gasteiger partial charge in [0.2, 0.25) is 0 Å². The Balaban J connectivity index is 2.18. The maximum Gasteiger partial charge on any atom is 0.255 e. The first kappa shape index (κ1) is 12.6. The van der Waals surface area contributed by atoms with Gasteiger partial charge in [-0.25, -0.2) is 0 Å². The number of carbonyl (C=O) groups is 1. The summed E-state index contributed by atoms with van der Waals surface area (Å²) in [7, 11) is 0. The molecule has 0 bridgehead atoms. The predicted molar refractivity (Wildman–Crippen MR) is 72.2 cm³/mol. The van der Waals surface area contributed by atoms with E-state index in [0.29, 0.717) is 6.04 Å². The normalized spacial score (nSPS) is 20.4. The Bertz CT molecular complexity index is 433. The van der Waals surface area contributed by atoms with Gasteiger partial charge in [0, 0.05) is 30.1 Å². The highest BCUT2D eigenvalue weighted by Crippen LogP contribution is 2.20. The van der Waals surface area contributed by atoms with Gasteiger partial charge in [-0.3, -0.25) is 4.79 Å². The Morgan fingerprint density at radius 3 is 2.94 bits per heavy atom. The van der Waals surface area contributed by atoms with Crippen LogP contribution in [-0.4, -0.2) is 36.5 Å². The fourth-order valence-corrected chi connectivity index (χ4v) is 2.74. The zero-order chi connectivity index (χ0) is 12.4. The zero-order valence-electron chi connectivity index (χ0n) is 10.2. The van der Waals surface area contributed by atoms with Crippen LogP contribution < -0.4 is 5.32 Å². The molecule has 0 aliphatic carbocycles. The first-order chi connectivity index (χ1) is 8.08. The second kappa shape index (κ2) is 5.19. The lowest BCUT2D eigenvalue weighted by molar-refractivity contribution is 0.0708. The number of amides is 1. The van der Waals surface area contributed by atoms with Crippen LogP contribution in [0.5, 0.6) is 0 Å². The van der Waals surface area contributed by atoms with Crippen molar-refractivity contribution in [2.45, 2.75) is 19.9 Å². The van der Waals surface area contributed by atoms with Crippen LogP contribution in [0.25, 0.3) is 0 Å². The van der Waals surface area contributed by atoms with Crippen LogP contribution in [-0.2, 0) is 0 Å². The number of rotatable bonds is 1. The molecule has 17 heavy (non-hydrogen) atoms. The largest absolute Gasteiger partial charge is 0.336 e. The van der Waals surface area contributed by atoms with Gasteiger partial charge < -0.3 is 10.2 Å². The molecule has 4 heteroatoms. The molecule has 0 saturated carbocycles. The van der Waals surface area contributed by atoms with E-state index in [9.17, 15) is 4.79 Å². The minimum Gasteiger partial charge on any atom is -0.336 e. The highest BCUT2D eigenvalue weighted by atomic mass is 79.9. The molecule has 2 rings (SSSR count). The number of hydrogen-bond donors (Lipinski definition) is 1. The highest BCUT2D eigenvalue weighted by Gasteiger charge is 2.22. The zero-order valence-corrected chi connectivity index (χ0v) is 11.8. The fourth-order valence-electron chi connectivity index (χ4n) is 2.08. The summed E-state index contributed by atoms with van der Waals surface area (Å²) in [5, 5.41) is 3.34. The van der Waals surface area contributed by atoms with Crippen LogP contribution in [0.3, 0.4) is 0 Å². The molecule has 1 saturated heterocycles. The summed E-state index contributed by atoms with van der Waals surface area (Å²) >= 11 is 3.47. The summed E-state index contributed by atoms with van der Waals surface area (Å²) in [6, 6.07) is 6.23. The molecular weight excluding hydrogens is 280 g/mol.